The molecule has 0 aromatic heterocycles. The Morgan fingerprint density at radius 1 is 1.18 bits per heavy atom. The predicted molar refractivity (Wildman–Crippen MR) is 108 cm³/mol. The molecule has 2 aromatic rings. The summed E-state index contributed by atoms with van der Waals surface area (Å²) in [5.41, 5.74) is 2.50. The molecule has 1 aliphatic heterocycles. The second kappa shape index (κ2) is 9.22. The van der Waals surface area contributed by atoms with Crippen LogP contribution in [-0.4, -0.2) is 36.4 Å². The van der Waals surface area contributed by atoms with E-state index >= 15 is 0 Å². The molecular weight excluding hydrogens is 354 g/mol. The second-order valence-corrected chi connectivity index (χ2v) is 7.35. The Bertz CT molecular complexity index is 762. The van der Waals surface area contributed by atoms with Crippen LogP contribution in [0.2, 0.25) is 0 Å². The fourth-order valence-electron chi connectivity index (χ4n) is 3.89. The van der Waals surface area contributed by atoms with Crippen molar-refractivity contribution in [1.29, 1.82) is 0 Å². The zero-order chi connectivity index (χ0) is 20.0. The zero-order valence-corrected chi connectivity index (χ0v) is 16.6. The summed E-state index contributed by atoms with van der Waals surface area (Å²) in [7, 11) is 1.68. The number of aliphatic hydroxyl groups is 1. The van der Waals surface area contributed by atoms with Crippen LogP contribution in [0.1, 0.15) is 48.9 Å². The number of methoxy groups -OCH3 is 1. The third-order valence-electron chi connectivity index (χ3n) is 5.55. The van der Waals surface area contributed by atoms with Gasteiger partial charge in [0.2, 0.25) is 0 Å². The average Bonchev–Trinajstić information content (AvgIpc) is 2.73. The number of amides is 1. The fourth-order valence-corrected chi connectivity index (χ4v) is 3.89. The van der Waals surface area contributed by atoms with Gasteiger partial charge in [0.15, 0.2) is 0 Å². The summed E-state index contributed by atoms with van der Waals surface area (Å²) in [6.07, 6.45) is 1.61. The van der Waals surface area contributed by atoms with E-state index in [1.807, 2.05) is 61.5 Å². The minimum absolute atomic E-state index is 0.0734. The molecule has 1 aliphatic rings. The molecule has 5 nitrogen and oxygen atoms in total. The van der Waals surface area contributed by atoms with Gasteiger partial charge >= 0.3 is 6.09 Å². The number of hydrogen-bond donors (Lipinski definition) is 1. The van der Waals surface area contributed by atoms with Crippen LogP contribution in [0.15, 0.2) is 54.6 Å². The SMILES string of the molecule is COCc1ccc([C@H](C)N2CC[C@](CCCO)(c3ccccc3)OC2=O)cc1. The van der Waals surface area contributed by atoms with Gasteiger partial charge in [0.1, 0.15) is 5.60 Å². The van der Waals surface area contributed by atoms with Gasteiger partial charge in [-0.25, -0.2) is 4.79 Å². The molecule has 2 aromatic carbocycles. The van der Waals surface area contributed by atoms with Crippen LogP contribution >= 0.6 is 0 Å². The fraction of sp³-hybridized carbons (Fsp3) is 0.435. The second-order valence-electron chi connectivity index (χ2n) is 7.35. The quantitative estimate of drug-likeness (QED) is 0.734. The van der Waals surface area contributed by atoms with Crippen molar-refractivity contribution in [2.75, 3.05) is 20.3 Å². The van der Waals surface area contributed by atoms with Gasteiger partial charge in [-0.05, 0) is 36.5 Å². The lowest BCUT2D eigenvalue weighted by atomic mass is 9.84. The third kappa shape index (κ3) is 4.37. The molecule has 0 unspecified atom stereocenters. The summed E-state index contributed by atoms with van der Waals surface area (Å²) in [6.45, 7) is 3.29. The lowest BCUT2D eigenvalue weighted by molar-refractivity contribution is -0.0680. The van der Waals surface area contributed by atoms with E-state index in [0.717, 1.165) is 16.7 Å². The monoisotopic (exact) mass is 383 g/mol. The highest BCUT2D eigenvalue weighted by molar-refractivity contribution is 5.70. The van der Waals surface area contributed by atoms with E-state index in [-0.39, 0.29) is 18.7 Å². The number of rotatable bonds is 8. The number of carbonyl (C=O) groups is 1. The Morgan fingerprint density at radius 2 is 1.89 bits per heavy atom. The summed E-state index contributed by atoms with van der Waals surface area (Å²) in [6, 6.07) is 17.9. The van der Waals surface area contributed by atoms with Crippen LogP contribution in [0.3, 0.4) is 0 Å². The molecule has 3 rings (SSSR count). The Hall–Kier alpha value is -2.37. The van der Waals surface area contributed by atoms with Crippen molar-refractivity contribution in [1.82, 2.24) is 4.90 Å². The lowest BCUT2D eigenvalue weighted by Gasteiger charge is -2.43. The molecule has 28 heavy (non-hydrogen) atoms. The van der Waals surface area contributed by atoms with E-state index in [0.29, 0.717) is 32.4 Å². The van der Waals surface area contributed by atoms with Gasteiger partial charge in [-0.15, -0.1) is 0 Å². The summed E-state index contributed by atoms with van der Waals surface area (Å²) >= 11 is 0. The summed E-state index contributed by atoms with van der Waals surface area (Å²) in [5.74, 6) is 0. The van der Waals surface area contributed by atoms with Crippen LogP contribution in [0.4, 0.5) is 4.79 Å². The standard InChI is InChI=1S/C23H29NO4/c1-18(20-11-9-19(10-12-20)17-27-2)24-15-14-23(13-6-16-25,28-22(24)26)21-7-4-3-5-8-21/h3-5,7-12,18,25H,6,13-17H2,1-2H3/t18-,23+/m0/s1. The minimum Gasteiger partial charge on any atom is -0.438 e. The number of hydrogen-bond acceptors (Lipinski definition) is 4. The summed E-state index contributed by atoms with van der Waals surface area (Å²) in [4.78, 5) is 14.7. The number of aliphatic hydroxyl groups excluding tert-OH is 1. The van der Waals surface area contributed by atoms with Crippen molar-refractivity contribution in [3.05, 3.63) is 71.3 Å². The maximum absolute atomic E-state index is 13.0. The van der Waals surface area contributed by atoms with Crippen LogP contribution in [0.25, 0.3) is 0 Å². The first-order valence-corrected chi connectivity index (χ1v) is 9.83. The molecular formula is C23H29NO4. The average molecular weight is 383 g/mol. The largest absolute Gasteiger partial charge is 0.438 e. The van der Waals surface area contributed by atoms with Gasteiger partial charge in [-0.2, -0.15) is 0 Å². The molecule has 0 bridgehead atoms. The van der Waals surface area contributed by atoms with Crippen LogP contribution in [0.5, 0.6) is 0 Å². The molecule has 0 radical (unpaired) electrons. The van der Waals surface area contributed by atoms with E-state index in [1.165, 1.54) is 0 Å². The normalized spacial score (nSPS) is 20.7. The van der Waals surface area contributed by atoms with E-state index in [2.05, 4.69) is 0 Å². The molecule has 0 saturated carbocycles. The van der Waals surface area contributed by atoms with Crippen LogP contribution in [0, 0.1) is 0 Å². The first kappa shape index (κ1) is 20.4. The Kier molecular flexibility index (Phi) is 6.70. The predicted octanol–water partition coefficient (Wildman–Crippen LogP) is 4.40. The highest BCUT2D eigenvalue weighted by atomic mass is 16.6. The van der Waals surface area contributed by atoms with Crippen molar-refractivity contribution in [3.63, 3.8) is 0 Å². The highest BCUT2D eigenvalue weighted by Crippen LogP contribution is 2.40. The molecule has 5 heteroatoms. The van der Waals surface area contributed by atoms with E-state index < -0.39 is 5.60 Å². The topological polar surface area (TPSA) is 59.0 Å². The molecule has 150 valence electrons. The number of nitrogens with zero attached hydrogens (tertiary/aromatic N) is 1. The van der Waals surface area contributed by atoms with E-state index in [9.17, 15) is 9.90 Å². The number of benzene rings is 2. The van der Waals surface area contributed by atoms with Crippen molar-refractivity contribution in [2.45, 2.75) is 44.4 Å². The summed E-state index contributed by atoms with van der Waals surface area (Å²) < 4.78 is 11.2. The first-order valence-electron chi connectivity index (χ1n) is 9.83. The van der Waals surface area contributed by atoms with E-state index in [1.54, 1.807) is 12.0 Å². The molecule has 2 atom stereocenters. The van der Waals surface area contributed by atoms with Crippen molar-refractivity contribution < 1.29 is 19.4 Å². The van der Waals surface area contributed by atoms with Gasteiger partial charge in [0.25, 0.3) is 0 Å². The van der Waals surface area contributed by atoms with Crippen molar-refractivity contribution >= 4 is 6.09 Å². The van der Waals surface area contributed by atoms with Gasteiger partial charge in [-0.1, -0.05) is 54.6 Å². The molecule has 1 N–H and O–H groups in total. The molecule has 1 heterocycles. The van der Waals surface area contributed by atoms with Gasteiger partial charge in [0.05, 0.1) is 12.6 Å². The molecule has 1 amide bonds. The minimum atomic E-state index is -0.667. The molecule has 1 fully saturated rings. The van der Waals surface area contributed by atoms with Crippen molar-refractivity contribution in [2.24, 2.45) is 0 Å². The number of cyclic esters (lactones) is 1. The third-order valence-corrected chi connectivity index (χ3v) is 5.55. The molecule has 0 spiro atoms. The smallest absolute Gasteiger partial charge is 0.411 e. The Balaban J connectivity index is 1.76. The number of carbonyl (C=O) groups excluding carboxylic acids is 1. The molecule has 0 aliphatic carbocycles. The molecule has 1 saturated heterocycles. The highest BCUT2D eigenvalue weighted by Gasteiger charge is 2.43. The van der Waals surface area contributed by atoms with Gasteiger partial charge in [-0.3, -0.25) is 0 Å². The van der Waals surface area contributed by atoms with Gasteiger partial charge in [0, 0.05) is 26.7 Å². The Morgan fingerprint density at radius 3 is 2.50 bits per heavy atom. The van der Waals surface area contributed by atoms with Crippen molar-refractivity contribution in [3.8, 4) is 0 Å². The van der Waals surface area contributed by atoms with Gasteiger partial charge < -0.3 is 19.5 Å². The zero-order valence-electron chi connectivity index (χ0n) is 16.6. The maximum Gasteiger partial charge on any atom is 0.411 e. The number of ether oxygens (including phenoxy) is 2. The summed E-state index contributed by atoms with van der Waals surface area (Å²) in [5, 5.41) is 9.31. The maximum atomic E-state index is 13.0. The lowest BCUT2D eigenvalue weighted by Crippen LogP contribution is -2.48. The van der Waals surface area contributed by atoms with Crippen LogP contribution < -0.4 is 0 Å². The van der Waals surface area contributed by atoms with Crippen LogP contribution in [-0.2, 0) is 21.7 Å². The van der Waals surface area contributed by atoms with E-state index in [4.69, 9.17) is 9.47 Å². The first-order chi connectivity index (χ1) is 13.6. The Labute approximate surface area is 166 Å².